The van der Waals surface area contributed by atoms with Gasteiger partial charge < -0.3 is 9.80 Å². The summed E-state index contributed by atoms with van der Waals surface area (Å²) in [6.07, 6.45) is 0. The monoisotopic (exact) mass is 552 g/mol. The minimum atomic E-state index is 0.705. The highest BCUT2D eigenvalue weighted by Crippen LogP contribution is 2.43. The minimum Gasteiger partial charge on any atom is -0.310 e. The number of thiophene rings is 1. The number of fused-ring (bicyclic) bond motifs is 3. The van der Waals surface area contributed by atoms with Gasteiger partial charge in [0.25, 0.3) is 0 Å². The third kappa shape index (κ3) is 4.60. The molecule has 0 saturated carbocycles. The summed E-state index contributed by atoms with van der Waals surface area (Å²) in [5.74, 6) is 0. The molecule has 7 rings (SSSR count). The Hall–Kier alpha value is -4.57. The highest BCUT2D eigenvalue weighted by molar-refractivity contribution is 7.25. The van der Waals surface area contributed by atoms with Gasteiger partial charge in [-0.25, -0.2) is 0 Å². The number of hydrogen-bond donors (Lipinski definition) is 0. The molecular formula is C36H25ClN2S. The van der Waals surface area contributed by atoms with E-state index in [1.54, 1.807) is 0 Å². The van der Waals surface area contributed by atoms with Crippen molar-refractivity contribution in [3.05, 3.63) is 157 Å². The Bertz CT molecular complexity index is 1890. The maximum absolute atomic E-state index is 6.52. The van der Waals surface area contributed by atoms with Crippen LogP contribution in [0.4, 0.5) is 34.1 Å². The van der Waals surface area contributed by atoms with E-state index in [9.17, 15) is 0 Å². The second-order valence-electron chi connectivity index (χ2n) is 9.62. The average molecular weight is 553 g/mol. The zero-order valence-electron chi connectivity index (χ0n) is 21.6. The van der Waals surface area contributed by atoms with Crippen LogP contribution in [0.1, 0.15) is 0 Å². The van der Waals surface area contributed by atoms with Crippen molar-refractivity contribution in [2.75, 3.05) is 9.80 Å². The highest BCUT2D eigenvalue weighted by Gasteiger charge is 2.18. The molecule has 0 N–H and O–H groups in total. The molecule has 0 spiro atoms. The summed E-state index contributed by atoms with van der Waals surface area (Å²) < 4.78 is 2.56. The fraction of sp³-hybridized carbons (Fsp3) is 0. The average Bonchev–Trinajstić information content (AvgIpc) is 3.37. The molecule has 7 aromatic rings. The van der Waals surface area contributed by atoms with E-state index in [2.05, 4.69) is 131 Å². The maximum Gasteiger partial charge on any atom is 0.0482 e. The number of nitrogens with zero attached hydrogens (tertiary/aromatic N) is 2. The van der Waals surface area contributed by atoms with Gasteiger partial charge in [0.05, 0.1) is 0 Å². The van der Waals surface area contributed by atoms with E-state index in [0.29, 0.717) is 5.02 Å². The molecule has 0 aliphatic heterocycles. The van der Waals surface area contributed by atoms with Gasteiger partial charge in [-0.3, -0.25) is 0 Å². The lowest BCUT2D eigenvalue weighted by Crippen LogP contribution is -2.13. The van der Waals surface area contributed by atoms with Crippen LogP contribution in [0.25, 0.3) is 20.2 Å². The number of benzene rings is 6. The third-order valence-electron chi connectivity index (χ3n) is 7.06. The number of hydrogen-bond acceptors (Lipinski definition) is 3. The Balaban J connectivity index is 1.40. The Kier molecular flexibility index (Phi) is 6.45. The van der Waals surface area contributed by atoms with Crippen molar-refractivity contribution in [1.82, 2.24) is 0 Å². The Morgan fingerprint density at radius 1 is 0.375 bits per heavy atom. The van der Waals surface area contributed by atoms with E-state index >= 15 is 0 Å². The first-order valence-corrected chi connectivity index (χ1v) is 14.4. The van der Waals surface area contributed by atoms with E-state index in [-0.39, 0.29) is 0 Å². The van der Waals surface area contributed by atoms with Gasteiger partial charge in [0, 0.05) is 59.3 Å². The molecule has 2 nitrogen and oxygen atoms in total. The molecule has 0 radical (unpaired) electrons. The molecule has 0 amide bonds. The summed E-state index contributed by atoms with van der Waals surface area (Å²) in [6, 6.07) is 53.1. The van der Waals surface area contributed by atoms with Gasteiger partial charge in [0.2, 0.25) is 0 Å². The largest absolute Gasteiger partial charge is 0.310 e. The minimum absolute atomic E-state index is 0.705. The number of anilines is 6. The van der Waals surface area contributed by atoms with Crippen LogP contribution in [-0.2, 0) is 0 Å². The Morgan fingerprint density at radius 2 is 0.875 bits per heavy atom. The summed E-state index contributed by atoms with van der Waals surface area (Å²) in [5.41, 5.74) is 6.43. The van der Waals surface area contributed by atoms with Crippen LogP contribution in [0.2, 0.25) is 5.02 Å². The summed E-state index contributed by atoms with van der Waals surface area (Å²) in [5, 5.41) is 3.28. The standard InChI is InChI=1S/C36H25ClN2S/c37-26-11-9-16-29(23-26)39(32-21-22-34-33-19-7-8-20-35(33)40-36(34)25-32)31-18-10-17-30(24-31)38(27-12-3-1-4-13-27)28-14-5-2-6-15-28/h1-25H. The van der Waals surface area contributed by atoms with E-state index in [1.165, 1.54) is 20.2 Å². The first kappa shape index (κ1) is 24.5. The number of para-hydroxylation sites is 2. The molecule has 40 heavy (non-hydrogen) atoms. The van der Waals surface area contributed by atoms with Crippen molar-refractivity contribution in [2.24, 2.45) is 0 Å². The Labute approximate surface area is 242 Å². The molecular weight excluding hydrogens is 528 g/mol. The number of rotatable bonds is 6. The zero-order chi connectivity index (χ0) is 26.9. The number of halogens is 1. The summed E-state index contributed by atoms with van der Waals surface area (Å²) >= 11 is 8.35. The SMILES string of the molecule is Clc1cccc(N(c2cccc(N(c3ccccc3)c3ccccc3)c2)c2ccc3c(c2)sc2ccccc23)c1. The van der Waals surface area contributed by atoms with Crippen LogP contribution in [0.15, 0.2) is 152 Å². The molecule has 1 heterocycles. The topological polar surface area (TPSA) is 6.48 Å². The molecule has 0 unspecified atom stereocenters. The molecule has 0 aliphatic rings. The van der Waals surface area contributed by atoms with Gasteiger partial charge in [-0.15, -0.1) is 11.3 Å². The molecule has 0 aliphatic carbocycles. The third-order valence-corrected chi connectivity index (χ3v) is 8.43. The van der Waals surface area contributed by atoms with Gasteiger partial charge in [-0.1, -0.05) is 84.4 Å². The van der Waals surface area contributed by atoms with Crippen LogP contribution in [0, 0.1) is 0 Å². The second kappa shape index (κ2) is 10.5. The predicted molar refractivity (Wildman–Crippen MR) is 174 cm³/mol. The van der Waals surface area contributed by atoms with Crippen LogP contribution >= 0.6 is 22.9 Å². The molecule has 0 atom stereocenters. The van der Waals surface area contributed by atoms with Gasteiger partial charge in [0.15, 0.2) is 0 Å². The summed E-state index contributed by atoms with van der Waals surface area (Å²) in [6.45, 7) is 0. The van der Waals surface area contributed by atoms with Crippen molar-refractivity contribution in [3.8, 4) is 0 Å². The van der Waals surface area contributed by atoms with E-state index < -0.39 is 0 Å². The van der Waals surface area contributed by atoms with Gasteiger partial charge >= 0.3 is 0 Å². The van der Waals surface area contributed by atoms with Gasteiger partial charge in [-0.05, 0) is 78.9 Å². The quantitative estimate of drug-likeness (QED) is 0.202. The maximum atomic E-state index is 6.52. The molecule has 1 aromatic heterocycles. The molecule has 0 bridgehead atoms. The van der Waals surface area contributed by atoms with Crippen LogP contribution in [0.5, 0.6) is 0 Å². The van der Waals surface area contributed by atoms with E-state index in [0.717, 1.165) is 34.1 Å². The van der Waals surface area contributed by atoms with Crippen LogP contribution in [0.3, 0.4) is 0 Å². The zero-order valence-corrected chi connectivity index (χ0v) is 23.2. The van der Waals surface area contributed by atoms with E-state index in [4.69, 9.17) is 11.6 Å². The van der Waals surface area contributed by atoms with Gasteiger partial charge in [0.1, 0.15) is 0 Å². The van der Waals surface area contributed by atoms with Crippen molar-refractivity contribution >= 4 is 77.2 Å². The Morgan fingerprint density at radius 3 is 1.55 bits per heavy atom. The fourth-order valence-corrected chi connectivity index (χ4v) is 6.61. The highest BCUT2D eigenvalue weighted by atomic mass is 35.5. The second-order valence-corrected chi connectivity index (χ2v) is 11.1. The lowest BCUT2D eigenvalue weighted by molar-refractivity contribution is 1.25. The predicted octanol–water partition coefficient (Wildman–Crippen LogP) is 11.6. The van der Waals surface area contributed by atoms with Crippen molar-refractivity contribution in [3.63, 3.8) is 0 Å². The normalized spacial score (nSPS) is 11.1. The fourth-order valence-electron chi connectivity index (χ4n) is 5.29. The summed E-state index contributed by atoms with van der Waals surface area (Å²) in [7, 11) is 0. The van der Waals surface area contributed by atoms with Crippen LogP contribution < -0.4 is 9.80 Å². The first-order chi connectivity index (χ1) is 19.7. The van der Waals surface area contributed by atoms with E-state index in [1.807, 2.05) is 41.7 Å². The van der Waals surface area contributed by atoms with Crippen molar-refractivity contribution in [1.29, 1.82) is 0 Å². The first-order valence-electron chi connectivity index (χ1n) is 13.2. The van der Waals surface area contributed by atoms with Crippen LogP contribution in [-0.4, -0.2) is 0 Å². The molecule has 4 heteroatoms. The molecule has 192 valence electrons. The molecule has 6 aromatic carbocycles. The lowest BCUT2D eigenvalue weighted by Gasteiger charge is -2.29. The van der Waals surface area contributed by atoms with Crippen molar-refractivity contribution < 1.29 is 0 Å². The molecule has 0 fully saturated rings. The lowest BCUT2D eigenvalue weighted by atomic mass is 10.1. The summed E-state index contributed by atoms with van der Waals surface area (Å²) in [4.78, 5) is 4.57. The molecule has 0 saturated heterocycles. The van der Waals surface area contributed by atoms with Gasteiger partial charge in [-0.2, -0.15) is 0 Å². The smallest absolute Gasteiger partial charge is 0.0482 e. The van der Waals surface area contributed by atoms with Crippen molar-refractivity contribution in [2.45, 2.75) is 0 Å².